The van der Waals surface area contributed by atoms with E-state index in [2.05, 4.69) is 10.5 Å². The number of benzene rings is 2. The largest absolute Gasteiger partial charge is 0.545 e. The van der Waals surface area contributed by atoms with Crippen LogP contribution in [-0.2, 0) is 0 Å². The molecule has 2 rings (SSSR count). The minimum absolute atomic E-state index is 0.123. The standard InChI is InChI=1S/C15H14N2O2/c1-11(12-6-3-2-4-7-12)16-17-14-9-5-8-13(10-14)15(18)19/h2-10,17H,1H3,(H,18,19)/p-1/b16-11-. The maximum Gasteiger partial charge on any atom is 0.0716 e. The Morgan fingerprint density at radius 3 is 2.42 bits per heavy atom. The highest BCUT2D eigenvalue weighted by Crippen LogP contribution is 2.10. The predicted molar refractivity (Wildman–Crippen MR) is 73.0 cm³/mol. The van der Waals surface area contributed by atoms with Crippen LogP contribution in [0.3, 0.4) is 0 Å². The Balaban J connectivity index is 2.14. The molecule has 0 spiro atoms. The number of hydrogen-bond donors (Lipinski definition) is 1. The second-order valence-electron chi connectivity index (χ2n) is 4.04. The summed E-state index contributed by atoms with van der Waals surface area (Å²) in [5.41, 5.74) is 5.39. The van der Waals surface area contributed by atoms with Crippen LogP contribution >= 0.6 is 0 Å². The summed E-state index contributed by atoms with van der Waals surface area (Å²) in [6.45, 7) is 1.88. The lowest BCUT2D eigenvalue weighted by Gasteiger charge is -2.06. The van der Waals surface area contributed by atoms with E-state index in [0.717, 1.165) is 11.3 Å². The number of carbonyl (C=O) groups excluding carboxylic acids is 1. The van der Waals surface area contributed by atoms with E-state index in [9.17, 15) is 9.90 Å². The maximum absolute atomic E-state index is 10.7. The van der Waals surface area contributed by atoms with Gasteiger partial charge in [-0.15, -0.1) is 0 Å². The molecule has 0 bridgehead atoms. The number of nitrogens with zero attached hydrogens (tertiary/aromatic N) is 1. The first-order valence-electron chi connectivity index (χ1n) is 5.84. The van der Waals surface area contributed by atoms with Gasteiger partial charge in [-0.1, -0.05) is 42.5 Å². The van der Waals surface area contributed by atoms with Gasteiger partial charge in [-0.2, -0.15) is 5.10 Å². The zero-order valence-electron chi connectivity index (χ0n) is 10.5. The van der Waals surface area contributed by atoms with E-state index in [0.29, 0.717) is 5.69 Å². The Morgan fingerprint density at radius 1 is 1.05 bits per heavy atom. The topological polar surface area (TPSA) is 64.5 Å². The fraction of sp³-hybridized carbons (Fsp3) is 0.0667. The Morgan fingerprint density at radius 2 is 1.74 bits per heavy atom. The fourth-order valence-electron chi connectivity index (χ4n) is 1.61. The second kappa shape index (κ2) is 5.82. The summed E-state index contributed by atoms with van der Waals surface area (Å²) in [4.78, 5) is 10.7. The first kappa shape index (κ1) is 12.8. The average molecular weight is 253 g/mol. The molecule has 0 unspecified atom stereocenters. The van der Waals surface area contributed by atoms with E-state index < -0.39 is 5.97 Å². The van der Waals surface area contributed by atoms with Crippen LogP contribution in [0.2, 0.25) is 0 Å². The van der Waals surface area contributed by atoms with Gasteiger partial charge in [0.05, 0.1) is 17.4 Å². The average Bonchev–Trinajstić information content (AvgIpc) is 2.46. The van der Waals surface area contributed by atoms with Gasteiger partial charge in [-0.25, -0.2) is 0 Å². The molecule has 0 aliphatic rings. The van der Waals surface area contributed by atoms with E-state index >= 15 is 0 Å². The van der Waals surface area contributed by atoms with Gasteiger partial charge >= 0.3 is 0 Å². The molecular formula is C15H13N2O2-. The smallest absolute Gasteiger partial charge is 0.0716 e. The predicted octanol–water partition coefficient (Wildman–Crippen LogP) is 1.89. The molecule has 0 atom stereocenters. The molecule has 0 aromatic heterocycles. The molecule has 4 heteroatoms. The van der Waals surface area contributed by atoms with E-state index in [1.807, 2.05) is 37.3 Å². The van der Waals surface area contributed by atoms with Crippen LogP contribution in [0.4, 0.5) is 5.69 Å². The van der Waals surface area contributed by atoms with Crippen LogP contribution in [-0.4, -0.2) is 11.7 Å². The highest BCUT2D eigenvalue weighted by Gasteiger charge is 1.97. The van der Waals surface area contributed by atoms with Gasteiger partial charge in [0.15, 0.2) is 0 Å². The third kappa shape index (κ3) is 3.42. The van der Waals surface area contributed by atoms with Crippen molar-refractivity contribution in [3.63, 3.8) is 0 Å². The van der Waals surface area contributed by atoms with E-state index in [1.54, 1.807) is 12.1 Å². The van der Waals surface area contributed by atoms with Crippen LogP contribution in [0.15, 0.2) is 59.7 Å². The van der Waals surface area contributed by atoms with Gasteiger partial charge in [0.1, 0.15) is 0 Å². The van der Waals surface area contributed by atoms with Gasteiger partial charge < -0.3 is 9.90 Å². The molecule has 0 aliphatic heterocycles. The third-order valence-corrected chi connectivity index (χ3v) is 2.64. The molecule has 0 radical (unpaired) electrons. The number of carboxylic acid groups (broad SMARTS) is 1. The first-order valence-corrected chi connectivity index (χ1v) is 5.84. The number of nitrogens with one attached hydrogen (secondary N) is 1. The van der Waals surface area contributed by atoms with Gasteiger partial charge in [0.25, 0.3) is 0 Å². The molecule has 2 aromatic rings. The monoisotopic (exact) mass is 253 g/mol. The summed E-state index contributed by atoms with van der Waals surface area (Å²) < 4.78 is 0. The third-order valence-electron chi connectivity index (χ3n) is 2.64. The Labute approximate surface area is 111 Å². The fourth-order valence-corrected chi connectivity index (χ4v) is 1.61. The number of hydrogen-bond acceptors (Lipinski definition) is 4. The van der Waals surface area contributed by atoms with Crippen LogP contribution < -0.4 is 10.5 Å². The lowest BCUT2D eigenvalue weighted by Crippen LogP contribution is -2.22. The number of hydrazone groups is 1. The molecule has 0 saturated heterocycles. The van der Waals surface area contributed by atoms with Gasteiger partial charge in [0, 0.05) is 0 Å². The lowest BCUT2D eigenvalue weighted by molar-refractivity contribution is -0.255. The van der Waals surface area contributed by atoms with E-state index in [4.69, 9.17) is 0 Å². The zero-order valence-corrected chi connectivity index (χ0v) is 10.5. The number of anilines is 1. The molecule has 0 fully saturated rings. The molecule has 96 valence electrons. The minimum Gasteiger partial charge on any atom is -0.545 e. The van der Waals surface area contributed by atoms with Crippen LogP contribution in [0, 0.1) is 0 Å². The normalized spacial score (nSPS) is 11.1. The van der Waals surface area contributed by atoms with Crippen molar-refractivity contribution in [3.8, 4) is 0 Å². The van der Waals surface area contributed by atoms with Crippen molar-refractivity contribution < 1.29 is 9.90 Å². The Bertz CT molecular complexity index is 607. The van der Waals surface area contributed by atoms with Crippen LogP contribution in [0.1, 0.15) is 22.8 Å². The van der Waals surface area contributed by atoms with Crippen molar-refractivity contribution in [1.82, 2.24) is 0 Å². The van der Waals surface area contributed by atoms with Crippen molar-refractivity contribution in [2.45, 2.75) is 6.92 Å². The summed E-state index contributed by atoms with van der Waals surface area (Å²) in [6, 6.07) is 16.1. The zero-order chi connectivity index (χ0) is 13.7. The summed E-state index contributed by atoms with van der Waals surface area (Å²) in [5.74, 6) is -1.20. The summed E-state index contributed by atoms with van der Waals surface area (Å²) >= 11 is 0. The summed E-state index contributed by atoms with van der Waals surface area (Å²) in [5, 5.41) is 15.0. The quantitative estimate of drug-likeness (QED) is 0.668. The van der Waals surface area contributed by atoms with Crippen molar-refractivity contribution in [2.24, 2.45) is 5.10 Å². The number of rotatable bonds is 4. The molecule has 0 amide bonds. The van der Waals surface area contributed by atoms with Crippen LogP contribution in [0.5, 0.6) is 0 Å². The van der Waals surface area contributed by atoms with Gasteiger partial charge in [-0.3, -0.25) is 5.43 Å². The summed E-state index contributed by atoms with van der Waals surface area (Å²) in [6.07, 6.45) is 0. The summed E-state index contributed by atoms with van der Waals surface area (Å²) in [7, 11) is 0. The SMILES string of the molecule is C/C(=N/Nc1cccc(C(=O)[O-])c1)c1ccccc1. The highest BCUT2D eigenvalue weighted by atomic mass is 16.4. The van der Waals surface area contributed by atoms with E-state index in [-0.39, 0.29) is 5.56 Å². The molecule has 19 heavy (non-hydrogen) atoms. The molecule has 0 aliphatic carbocycles. The second-order valence-corrected chi connectivity index (χ2v) is 4.04. The number of carboxylic acids is 1. The Hall–Kier alpha value is -2.62. The van der Waals surface area contributed by atoms with Crippen molar-refractivity contribution in [3.05, 3.63) is 65.7 Å². The van der Waals surface area contributed by atoms with Crippen LogP contribution in [0.25, 0.3) is 0 Å². The molecule has 1 N–H and O–H groups in total. The Kier molecular flexibility index (Phi) is 3.93. The first-order chi connectivity index (χ1) is 9.16. The maximum atomic E-state index is 10.7. The number of aromatic carboxylic acids is 1. The van der Waals surface area contributed by atoms with Crippen molar-refractivity contribution in [2.75, 3.05) is 5.43 Å². The molecule has 4 nitrogen and oxygen atoms in total. The van der Waals surface area contributed by atoms with Gasteiger partial charge in [-0.05, 0) is 30.2 Å². The molecule has 0 heterocycles. The van der Waals surface area contributed by atoms with Crippen molar-refractivity contribution >= 4 is 17.4 Å². The number of carbonyl (C=O) groups is 1. The molecular weight excluding hydrogens is 240 g/mol. The molecule has 2 aromatic carbocycles. The van der Waals surface area contributed by atoms with Gasteiger partial charge in [0.2, 0.25) is 0 Å². The van der Waals surface area contributed by atoms with Crippen molar-refractivity contribution in [1.29, 1.82) is 0 Å². The molecule has 0 saturated carbocycles. The van der Waals surface area contributed by atoms with E-state index in [1.165, 1.54) is 12.1 Å². The highest BCUT2D eigenvalue weighted by molar-refractivity contribution is 5.99. The minimum atomic E-state index is -1.20. The lowest BCUT2D eigenvalue weighted by atomic mass is 10.1.